The van der Waals surface area contributed by atoms with E-state index in [1.807, 2.05) is 0 Å². The zero-order valence-electron chi connectivity index (χ0n) is 10.7. The summed E-state index contributed by atoms with van der Waals surface area (Å²) in [5.41, 5.74) is 0.693. The molecule has 2 aromatic rings. The number of urea groups is 1. The van der Waals surface area contributed by atoms with E-state index < -0.39 is 16.1 Å². The summed E-state index contributed by atoms with van der Waals surface area (Å²) in [7, 11) is -3.91. The van der Waals surface area contributed by atoms with E-state index in [1.54, 1.807) is 30.3 Å². The predicted molar refractivity (Wildman–Crippen MR) is 84.6 cm³/mol. The van der Waals surface area contributed by atoms with E-state index in [1.165, 1.54) is 18.2 Å². The van der Waals surface area contributed by atoms with Gasteiger partial charge in [0.2, 0.25) is 10.0 Å². The number of carbonyl (C=O) groups is 1. The molecular weight excluding hydrogens is 358 g/mol. The summed E-state index contributed by atoms with van der Waals surface area (Å²) in [5.74, 6) is 0. The molecule has 2 amide bonds. The number of carbonyl (C=O) groups excluding carboxylic acids is 1. The monoisotopic (exact) mass is 369 g/mol. The van der Waals surface area contributed by atoms with Crippen LogP contribution in [0.4, 0.5) is 16.2 Å². The maximum Gasteiger partial charge on any atom is 0.323 e. The maximum absolute atomic E-state index is 11.9. The van der Waals surface area contributed by atoms with Gasteiger partial charge in [0.05, 0.1) is 5.69 Å². The minimum atomic E-state index is -3.91. The Morgan fingerprint density at radius 2 is 1.62 bits per heavy atom. The van der Waals surface area contributed by atoms with Gasteiger partial charge in [-0.05, 0) is 36.4 Å². The number of para-hydroxylation sites is 1. The van der Waals surface area contributed by atoms with Crippen LogP contribution < -0.4 is 15.8 Å². The lowest BCUT2D eigenvalue weighted by molar-refractivity contribution is 0.262. The van der Waals surface area contributed by atoms with Crippen LogP contribution in [0.1, 0.15) is 0 Å². The second-order valence-electron chi connectivity index (χ2n) is 4.13. The number of rotatable bonds is 3. The van der Waals surface area contributed by atoms with Crippen LogP contribution in [-0.2, 0) is 10.0 Å². The number of nitrogens with one attached hydrogen (secondary N) is 2. The van der Waals surface area contributed by atoms with Gasteiger partial charge in [0.1, 0.15) is 4.90 Å². The first-order chi connectivity index (χ1) is 9.86. The Kier molecular flexibility index (Phi) is 4.61. The van der Waals surface area contributed by atoms with Crippen LogP contribution in [0, 0.1) is 0 Å². The van der Waals surface area contributed by atoms with E-state index in [2.05, 4.69) is 26.6 Å². The highest BCUT2D eigenvalue weighted by molar-refractivity contribution is 9.10. The van der Waals surface area contributed by atoms with Crippen LogP contribution in [0.5, 0.6) is 0 Å². The van der Waals surface area contributed by atoms with Crippen molar-refractivity contribution in [1.82, 2.24) is 0 Å². The van der Waals surface area contributed by atoms with Crippen molar-refractivity contribution in [2.45, 2.75) is 4.90 Å². The molecule has 0 aliphatic carbocycles. The summed E-state index contributed by atoms with van der Waals surface area (Å²) in [6.45, 7) is 0. The van der Waals surface area contributed by atoms with Gasteiger partial charge >= 0.3 is 6.03 Å². The molecule has 110 valence electrons. The van der Waals surface area contributed by atoms with E-state index in [-0.39, 0.29) is 10.6 Å². The van der Waals surface area contributed by atoms with Gasteiger partial charge in [-0.3, -0.25) is 0 Å². The van der Waals surface area contributed by atoms with Gasteiger partial charge in [-0.25, -0.2) is 18.4 Å². The smallest absolute Gasteiger partial charge is 0.308 e. The topological polar surface area (TPSA) is 101 Å². The van der Waals surface area contributed by atoms with Crippen LogP contribution in [0.25, 0.3) is 0 Å². The Morgan fingerprint density at radius 1 is 1.00 bits per heavy atom. The van der Waals surface area contributed by atoms with Gasteiger partial charge in [-0.1, -0.05) is 28.1 Å². The highest BCUT2D eigenvalue weighted by atomic mass is 79.9. The Balaban J connectivity index is 2.15. The highest BCUT2D eigenvalue weighted by Crippen LogP contribution is 2.20. The molecule has 2 aromatic carbocycles. The molecular formula is C13H12BrN3O3S. The van der Waals surface area contributed by atoms with Crippen molar-refractivity contribution in [2.75, 3.05) is 10.6 Å². The van der Waals surface area contributed by atoms with Gasteiger partial charge < -0.3 is 10.6 Å². The molecule has 6 nitrogen and oxygen atoms in total. The maximum atomic E-state index is 11.9. The standard InChI is InChI=1S/C13H12BrN3O3S/c14-9-5-7-10(8-6-9)16-13(18)17-11-3-1-2-4-12(11)21(15,19)20/h1-8H,(H2,15,19,20)(H2,16,17,18). The number of halogens is 1. The van der Waals surface area contributed by atoms with Crippen LogP contribution in [0.15, 0.2) is 57.9 Å². The highest BCUT2D eigenvalue weighted by Gasteiger charge is 2.14. The minimum absolute atomic E-state index is 0.120. The fraction of sp³-hybridized carbons (Fsp3) is 0. The molecule has 0 bridgehead atoms. The van der Waals surface area contributed by atoms with Crippen molar-refractivity contribution >= 4 is 43.4 Å². The normalized spacial score (nSPS) is 11.0. The Hall–Kier alpha value is -1.90. The molecule has 0 atom stereocenters. The minimum Gasteiger partial charge on any atom is -0.308 e. The molecule has 8 heteroatoms. The third-order valence-corrected chi connectivity index (χ3v) is 4.04. The third kappa shape index (κ3) is 4.28. The van der Waals surface area contributed by atoms with Crippen LogP contribution >= 0.6 is 15.9 Å². The second-order valence-corrected chi connectivity index (χ2v) is 6.57. The second kappa shape index (κ2) is 6.25. The van der Waals surface area contributed by atoms with E-state index in [4.69, 9.17) is 5.14 Å². The molecule has 0 aromatic heterocycles. The first-order valence-corrected chi connectivity index (χ1v) is 8.15. The number of sulfonamides is 1. The van der Waals surface area contributed by atoms with Crippen LogP contribution in [0.2, 0.25) is 0 Å². The Labute approximate surface area is 130 Å². The molecule has 0 heterocycles. The zero-order valence-corrected chi connectivity index (χ0v) is 13.1. The van der Waals surface area contributed by atoms with Crippen molar-refractivity contribution < 1.29 is 13.2 Å². The average Bonchev–Trinajstić information content (AvgIpc) is 2.41. The lowest BCUT2D eigenvalue weighted by atomic mass is 10.3. The zero-order chi connectivity index (χ0) is 15.5. The molecule has 2 rings (SSSR count). The molecule has 0 aliphatic heterocycles. The molecule has 4 N–H and O–H groups in total. The number of amides is 2. The van der Waals surface area contributed by atoms with Gasteiger partial charge in [-0.15, -0.1) is 0 Å². The molecule has 0 aliphatic rings. The van der Waals surface area contributed by atoms with Crippen molar-refractivity contribution in [1.29, 1.82) is 0 Å². The quantitative estimate of drug-likeness (QED) is 0.774. The number of benzene rings is 2. The number of anilines is 2. The summed E-state index contributed by atoms with van der Waals surface area (Å²) in [5, 5.41) is 10.1. The molecule has 0 spiro atoms. The summed E-state index contributed by atoms with van der Waals surface area (Å²) in [6, 6.07) is 12.3. The fourth-order valence-electron chi connectivity index (χ4n) is 1.64. The Bertz CT molecular complexity index is 760. The Morgan fingerprint density at radius 3 is 2.24 bits per heavy atom. The van der Waals surface area contributed by atoms with E-state index >= 15 is 0 Å². The largest absolute Gasteiger partial charge is 0.323 e. The summed E-state index contributed by atoms with van der Waals surface area (Å²) >= 11 is 3.29. The van der Waals surface area contributed by atoms with Gasteiger partial charge in [0, 0.05) is 10.2 Å². The summed E-state index contributed by atoms with van der Waals surface area (Å²) in [6.07, 6.45) is 0. The van der Waals surface area contributed by atoms with Crippen LogP contribution in [0.3, 0.4) is 0 Å². The van der Waals surface area contributed by atoms with Crippen LogP contribution in [-0.4, -0.2) is 14.4 Å². The van der Waals surface area contributed by atoms with Gasteiger partial charge in [-0.2, -0.15) is 0 Å². The molecule has 0 unspecified atom stereocenters. The van der Waals surface area contributed by atoms with Gasteiger partial charge in [0.15, 0.2) is 0 Å². The number of hydrogen-bond acceptors (Lipinski definition) is 3. The van der Waals surface area contributed by atoms with Crippen molar-refractivity contribution in [3.63, 3.8) is 0 Å². The average molecular weight is 370 g/mol. The summed E-state index contributed by atoms with van der Waals surface area (Å²) in [4.78, 5) is 11.7. The first kappa shape index (κ1) is 15.5. The fourth-order valence-corrected chi connectivity index (χ4v) is 2.59. The SMILES string of the molecule is NS(=O)(=O)c1ccccc1NC(=O)Nc1ccc(Br)cc1. The van der Waals surface area contributed by atoms with Crippen molar-refractivity contribution in [2.24, 2.45) is 5.14 Å². The molecule has 21 heavy (non-hydrogen) atoms. The number of hydrogen-bond donors (Lipinski definition) is 3. The molecule has 0 fully saturated rings. The third-order valence-electron chi connectivity index (χ3n) is 2.54. The van der Waals surface area contributed by atoms with Crippen molar-refractivity contribution in [3.8, 4) is 0 Å². The van der Waals surface area contributed by atoms with E-state index in [9.17, 15) is 13.2 Å². The predicted octanol–water partition coefficient (Wildman–Crippen LogP) is 2.74. The number of nitrogens with two attached hydrogens (primary N) is 1. The molecule has 0 saturated heterocycles. The van der Waals surface area contributed by atoms with Crippen molar-refractivity contribution in [3.05, 3.63) is 53.0 Å². The molecule has 0 saturated carbocycles. The van der Waals surface area contributed by atoms with Gasteiger partial charge in [0.25, 0.3) is 0 Å². The lowest BCUT2D eigenvalue weighted by Gasteiger charge is -2.10. The van der Waals surface area contributed by atoms with E-state index in [0.717, 1.165) is 4.47 Å². The lowest BCUT2D eigenvalue weighted by Crippen LogP contribution is -2.22. The first-order valence-electron chi connectivity index (χ1n) is 5.81. The molecule has 0 radical (unpaired) electrons. The van der Waals surface area contributed by atoms with E-state index in [0.29, 0.717) is 5.69 Å². The number of primary sulfonamides is 1. The summed E-state index contributed by atoms with van der Waals surface area (Å²) < 4.78 is 23.7.